The third kappa shape index (κ3) is 6.28. The molecule has 124 valence electrons. The van der Waals surface area contributed by atoms with Crippen molar-refractivity contribution < 1.29 is 24.6 Å². The average molecular weight is 354 g/mol. The van der Waals surface area contributed by atoms with E-state index in [-0.39, 0.29) is 11.5 Å². The highest BCUT2D eigenvalue weighted by atomic mass is 32.7. The largest absolute Gasteiger partial charge is 0.508 e. The van der Waals surface area contributed by atoms with Crippen LogP contribution in [0.1, 0.15) is 24.0 Å². The van der Waals surface area contributed by atoms with Gasteiger partial charge in [0.25, 0.3) is 0 Å². The summed E-state index contributed by atoms with van der Waals surface area (Å²) in [6, 6.07) is 11.6. The molecule has 0 aromatic heterocycles. The maximum Gasteiger partial charge on any atom is 0.388 e. The Morgan fingerprint density at radius 1 is 0.870 bits per heavy atom. The number of hydrogen-bond donors (Lipinski definition) is 4. The second kappa shape index (κ2) is 7.88. The molecule has 23 heavy (non-hydrogen) atoms. The Morgan fingerprint density at radius 3 is 2.13 bits per heavy atom. The predicted octanol–water partition coefficient (Wildman–Crippen LogP) is 3.85. The van der Waals surface area contributed by atoms with E-state index in [2.05, 4.69) is 0 Å². The van der Waals surface area contributed by atoms with Gasteiger partial charge in [0.1, 0.15) is 11.5 Å². The molecule has 7 heteroatoms. The van der Waals surface area contributed by atoms with Gasteiger partial charge in [-0.1, -0.05) is 12.1 Å². The summed E-state index contributed by atoms with van der Waals surface area (Å²) in [7, 11) is 0. The molecule has 2 aromatic carbocycles. The topological polar surface area (TPSA) is 98.0 Å². The predicted molar refractivity (Wildman–Crippen MR) is 90.8 cm³/mol. The lowest BCUT2D eigenvalue weighted by molar-refractivity contribution is 0.397. The van der Waals surface area contributed by atoms with Crippen molar-refractivity contribution in [1.82, 2.24) is 0 Å². The minimum Gasteiger partial charge on any atom is -0.508 e. The number of aromatic hydroxyl groups is 2. The van der Waals surface area contributed by atoms with Crippen LogP contribution < -0.4 is 0 Å². The average Bonchev–Trinajstić information content (AvgIpc) is 2.47. The molecule has 0 aliphatic carbocycles. The minimum absolute atomic E-state index is 0.0913. The zero-order chi connectivity index (χ0) is 16.9. The van der Waals surface area contributed by atoms with Gasteiger partial charge >= 0.3 is 6.80 Å². The van der Waals surface area contributed by atoms with E-state index in [1.54, 1.807) is 18.2 Å². The van der Waals surface area contributed by atoms with Crippen LogP contribution in [-0.2, 0) is 17.4 Å². The molecular weight excluding hydrogens is 335 g/mol. The lowest BCUT2D eigenvalue weighted by atomic mass is 10.0. The summed E-state index contributed by atoms with van der Waals surface area (Å²) in [5, 5.41) is 18.8. The Labute approximate surface area is 138 Å². The van der Waals surface area contributed by atoms with Crippen LogP contribution in [0.4, 0.5) is 0 Å². The van der Waals surface area contributed by atoms with Crippen LogP contribution >= 0.6 is 18.2 Å². The van der Waals surface area contributed by atoms with Crippen molar-refractivity contribution >= 4 is 18.2 Å². The maximum atomic E-state index is 11.2. The van der Waals surface area contributed by atoms with Gasteiger partial charge < -0.3 is 20.0 Å². The van der Waals surface area contributed by atoms with Crippen LogP contribution in [0, 0.1) is 0 Å². The van der Waals surface area contributed by atoms with E-state index in [1.807, 2.05) is 12.1 Å². The quantitative estimate of drug-likeness (QED) is 0.445. The second-order valence-electron chi connectivity index (χ2n) is 5.25. The van der Waals surface area contributed by atoms with E-state index in [1.165, 1.54) is 12.1 Å². The van der Waals surface area contributed by atoms with E-state index in [0.29, 0.717) is 22.7 Å². The molecule has 0 fully saturated rings. The zero-order valence-electron chi connectivity index (χ0n) is 12.4. The number of phenolic OH excluding ortho intramolecular Hbond substituents is 2. The number of rotatable bonds is 7. The summed E-state index contributed by atoms with van der Waals surface area (Å²) in [6.45, 7) is -4.21. The van der Waals surface area contributed by atoms with Crippen molar-refractivity contribution in [2.24, 2.45) is 0 Å². The summed E-state index contributed by atoms with van der Waals surface area (Å²) >= 11 is 0.520. The highest BCUT2D eigenvalue weighted by Gasteiger charge is 2.18. The van der Waals surface area contributed by atoms with Crippen molar-refractivity contribution in [2.45, 2.75) is 30.6 Å². The molecule has 0 aliphatic heterocycles. The molecule has 0 radical (unpaired) electrons. The smallest absolute Gasteiger partial charge is 0.388 e. The molecule has 0 saturated carbocycles. The van der Waals surface area contributed by atoms with Crippen molar-refractivity contribution in [3.05, 3.63) is 53.6 Å². The van der Waals surface area contributed by atoms with Crippen LogP contribution in [-0.4, -0.2) is 20.0 Å². The van der Waals surface area contributed by atoms with Crippen LogP contribution in [0.2, 0.25) is 0 Å². The van der Waals surface area contributed by atoms with E-state index in [4.69, 9.17) is 9.79 Å². The van der Waals surface area contributed by atoms with Gasteiger partial charge in [0.15, 0.2) is 0 Å². The number of benzene rings is 2. The van der Waals surface area contributed by atoms with Gasteiger partial charge in [0.05, 0.1) is 0 Å². The normalized spacial score (nSPS) is 11.6. The molecule has 0 saturated heterocycles. The molecule has 2 aromatic rings. The van der Waals surface area contributed by atoms with Gasteiger partial charge in [-0.25, -0.2) is 4.57 Å². The molecule has 0 atom stereocenters. The summed E-state index contributed by atoms with van der Waals surface area (Å²) in [5.74, 6) is 0.334. The van der Waals surface area contributed by atoms with Crippen molar-refractivity contribution in [1.29, 1.82) is 0 Å². The third-order valence-electron chi connectivity index (χ3n) is 3.36. The second-order valence-corrected chi connectivity index (χ2v) is 8.83. The Bertz CT molecular complexity index is 696. The first-order valence-electron chi connectivity index (χ1n) is 7.18. The fraction of sp³-hybridized carbons (Fsp3) is 0.250. The maximum absolute atomic E-state index is 11.2. The standard InChI is InChI=1S/C16H19O5PS/c17-14-7-5-12(6-8-14)3-1-2-4-13-11-15(18)9-10-16(13)23-22(19,20)21/h5-11,17-18H,1-4H2,(H2,19,20,21). The molecule has 0 aliphatic rings. The van der Waals surface area contributed by atoms with Crippen LogP contribution in [0.3, 0.4) is 0 Å². The van der Waals surface area contributed by atoms with Gasteiger partial charge in [0, 0.05) is 4.90 Å². The molecule has 0 unspecified atom stereocenters. The first kappa shape index (κ1) is 17.9. The molecule has 0 bridgehead atoms. The summed E-state index contributed by atoms with van der Waals surface area (Å²) < 4.78 is 11.2. The highest BCUT2D eigenvalue weighted by molar-refractivity contribution is 8.54. The summed E-state index contributed by atoms with van der Waals surface area (Å²) in [4.78, 5) is 18.7. The van der Waals surface area contributed by atoms with E-state index in [9.17, 15) is 14.8 Å². The molecule has 5 nitrogen and oxygen atoms in total. The van der Waals surface area contributed by atoms with Crippen molar-refractivity contribution in [3.63, 3.8) is 0 Å². The van der Waals surface area contributed by atoms with Crippen LogP contribution in [0.25, 0.3) is 0 Å². The van der Waals surface area contributed by atoms with E-state index < -0.39 is 6.80 Å². The van der Waals surface area contributed by atoms with Gasteiger partial charge in [-0.2, -0.15) is 0 Å². The molecule has 2 rings (SSSR count). The molecule has 0 heterocycles. The highest BCUT2D eigenvalue weighted by Crippen LogP contribution is 2.55. The first-order chi connectivity index (χ1) is 10.8. The zero-order valence-corrected chi connectivity index (χ0v) is 14.1. The molecule has 4 N–H and O–H groups in total. The summed E-state index contributed by atoms with van der Waals surface area (Å²) in [6.07, 6.45) is 3.23. The minimum atomic E-state index is -4.21. The van der Waals surface area contributed by atoms with Gasteiger partial charge in [-0.05, 0) is 78.5 Å². The van der Waals surface area contributed by atoms with Crippen LogP contribution in [0.5, 0.6) is 11.5 Å². The Kier molecular flexibility index (Phi) is 6.13. The fourth-order valence-corrected chi connectivity index (χ4v) is 4.25. The van der Waals surface area contributed by atoms with Gasteiger partial charge in [-0.15, -0.1) is 0 Å². The first-order valence-corrected chi connectivity index (χ1v) is 10.2. The Balaban J connectivity index is 1.93. The van der Waals surface area contributed by atoms with E-state index in [0.717, 1.165) is 30.4 Å². The lowest BCUT2D eigenvalue weighted by Crippen LogP contribution is -1.92. The van der Waals surface area contributed by atoms with Crippen molar-refractivity contribution in [3.8, 4) is 11.5 Å². The number of unbranched alkanes of at least 4 members (excludes halogenated alkanes) is 1. The number of aryl methyl sites for hydroxylation is 2. The van der Waals surface area contributed by atoms with Crippen molar-refractivity contribution in [2.75, 3.05) is 0 Å². The molecule has 0 spiro atoms. The summed E-state index contributed by atoms with van der Waals surface area (Å²) in [5.41, 5.74) is 1.87. The van der Waals surface area contributed by atoms with E-state index >= 15 is 0 Å². The SMILES string of the molecule is O=P(O)(O)Sc1ccc(O)cc1CCCCc1ccc(O)cc1. The Morgan fingerprint density at radius 2 is 1.48 bits per heavy atom. The fourth-order valence-electron chi connectivity index (χ4n) is 2.29. The monoisotopic (exact) mass is 354 g/mol. The third-order valence-corrected chi connectivity index (χ3v) is 5.50. The van der Waals surface area contributed by atoms with Gasteiger partial charge in [0.2, 0.25) is 0 Å². The van der Waals surface area contributed by atoms with Crippen LogP contribution in [0.15, 0.2) is 47.4 Å². The molecule has 0 amide bonds. The number of hydrogen-bond acceptors (Lipinski definition) is 4. The Hall–Kier alpha value is -1.46. The lowest BCUT2D eigenvalue weighted by Gasteiger charge is -2.10. The molecular formula is C16H19O5PS. The number of phenols is 2. The van der Waals surface area contributed by atoms with Gasteiger partial charge in [-0.3, -0.25) is 0 Å².